The maximum absolute atomic E-state index is 13.6. The quantitative estimate of drug-likeness (QED) is 0.494. The summed E-state index contributed by atoms with van der Waals surface area (Å²) in [5.74, 6) is -0.646. The lowest BCUT2D eigenvalue weighted by atomic mass is 10.0. The van der Waals surface area contributed by atoms with Crippen LogP contribution in [0.1, 0.15) is 44.2 Å². The van der Waals surface area contributed by atoms with Crippen molar-refractivity contribution in [3.05, 3.63) is 63.6 Å². The number of carbonyl (C=O) groups is 2. The van der Waals surface area contributed by atoms with E-state index in [1.807, 2.05) is 26.0 Å². The minimum atomic E-state index is -3.79. The molecule has 0 fully saturated rings. The highest BCUT2D eigenvalue weighted by molar-refractivity contribution is 7.92. The standard InChI is InChI=1S/C24H31Cl2N3O4S/c1-6-22(24(31)27-4)28(14-19-20(25)8-7-9-21(19)26)23(30)15-29(34(5,32)33)18-12-10-17(11-13-18)16(2)3/h7-13,16,22H,6,14-15H2,1-5H3,(H,27,31). The Labute approximate surface area is 212 Å². The number of nitrogens with one attached hydrogen (secondary N) is 1. The van der Waals surface area contributed by atoms with E-state index in [-0.39, 0.29) is 18.4 Å². The summed E-state index contributed by atoms with van der Waals surface area (Å²) < 4.78 is 26.3. The molecule has 0 bridgehead atoms. The normalized spacial score (nSPS) is 12.4. The fourth-order valence-electron chi connectivity index (χ4n) is 3.58. The molecule has 1 atom stereocenters. The van der Waals surface area contributed by atoms with Crippen molar-refractivity contribution < 1.29 is 18.0 Å². The van der Waals surface area contributed by atoms with Crippen molar-refractivity contribution >= 4 is 50.7 Å². The maximum Gasteiger partial charge on any atom is 0.244 e. The number of rotatable bonds is 10. The molecule has 2 rings (SSSR count). The number of hydrogen-bond acceptors (Lipinski definition) is 4. The Morgan fingerprint density at radius 1 is 1.03 bits per heavy atom. The molecule has 0 aromatic heterocycles. The third-order valence-electron chi connectivity index (χ3n) is 5.55. The summed E-state index contributed by atoms with van der Waals surface area (Å²) in [6.45, 7) is 5.32. The largest absolute Gasteiger partial charge is 0.357 e. The number of halogens is 2. The van der Waals surface area contributed by atoms with Gasteiger partial charge in [0.15, 0.2) is 0 Å². The van der Waals surface area contributed by atoms with E-state index in [0.29, 0.717) is 27.7 Å². The minimum Gasteiger partial charge on any atom is -0.357 e. The van der Waals surface area contributed by atoms with Crippen LogP contribution in [0, 0.1) is 0 Å². The molecule has 0 radical (unpaired) electrons. The fourth-order valence-corrected chi connectivity index (χ4v) is 4.95. The zero-order chi connectivity index (χ0) is 25.6. The first-order valence-corrected chi connectivity index (χ1v) is 13.5. The van der Waals surface area contributed by atoms with Crippen LogP contribution < -0.4 is 9.62 Å². The lowest BCUT2D eigenvalue weighted by Gasteiger charge is -2.33. The van der Waals surface area contributed by atoms with Crippen molar-refractivity contribution in [3.8, 4) is 0 Å². The monoisotopic (exact) mass is 527 g/mol. The van der Waals surface area contributed by atoms with Gasteiger partial charge in [0.2, 0.25) is 21.8 Å². The maximum atomic E-state index is 13.6. The van der Waals surface area contributed by atoms with Gasteiger partial charge in [-0.05, 0) is 42.2 Å². The van der Waals surface area contributed by atoms with Crippen LogP contribution in [-0.2, 0) is 26.2 Å². The second-order valence-electron chi connectivity index (χ2n) is 8.28. The first-order chi connectivity index (χ1) is 15.9. The van der Waals surface area contributed by atoms with Crippen molar-refractivity contribution in [2.75, 3.05) is 24.2 Å². The van der Waals surface area contributed by atoms with E-state index in [1.165, 1.54) is 11.9 Å². The highest BCUT2D eigenvalue weighted by atomic mass is 35.5. The van der Waals surface area contributed by atoms with Crippen LogP contribution in [0.2, 0.25) is 10.0 Å². The molecule has 0 saturated heterocycles. The van der Waals surface area contributed by atoms with E-state index in [2.05, 4.69) is 5.32 Å². The van der Waals surface area contributed by atoms with Gasteiger partial charge in [0.25, 0.3) is 0 Å². The van der Waals surface area contributed by atoms with Crippen LogP contribution >= 0.6 is 23.2 Å². The van der Waals surface area contributed by atoms with Gasteiger partial charge in [0.05, 0.1) is 11.9 Å². The number of carbonyl (C=O) groups excluding carboxylic acids is 2. The summed E-state index contributed by atoms with van der Waals surface area (Å²) in [6, 6.07) is 11.2. The van der Waals surface area contributed by atoms with Crippen LogP contribution in [0.15, 0.2) is 42.5 Å². The van der Waals surface area contributed by atoms with E-state index in [9.17, 15) is 18.0 Å². The minimum absolute atomic E-state index is 0.0485. The first-order valence-electron chi connectivity index (χ1n) is 10.9. The van der Waals surface area contributed by atoms with E-state index in [0.717, 1.165) is 16.1 Å². The van der Waals surface area contributed by atoms with E-state index >= 15 is 0 Å². The highest BCUT2D eigenvalue weighted by Gasteiger charge is 2.32. The van der Waals surface area contributed by atoms with Gasteiger partial charge >= 0.3 is 0 Å². The van der Waals surface area contributed by atoms with Crippen molar-refractivity contribution in [1.29, 1.82) is 0 Å². The molecule has 0 heterocycles. The topological polar surface area (TPSA) is 86.8 Å². The number of likely N-dealkylation sites (N-methyl/N-ethyl adjacent to an activating group) is 1. The van der Waals surface area contributed by atoms with Crippen LogP contribution in [0.3, 0.4) is 0 Å². The number of hydrogen-bond donors (Lipinski definition) is 1. The SMILES string of the molecule is CCC(C(=O)NC)N(Cc1c(Cl)cccc1Cl)C(=O)CN(c1ccc(C(C)C)cc1)S(C)(=O)=O. The molecule has 1 unspecified atom stereocenters. The third-order valence-corrected chi connectivity index (χ3v) is 7.40. The summed E-state index contributed by atoms with van der Waals surface area (Å²) >= 11 is 12.6. The van der Waals surface area contributed by atoms with Gasteiger partial charge in [-0.25, -0.2) is 8.42 Å². The van der Waals surface area contributed by atoms with Gasteiger partial charge in [-0.1, -0.05) is 62.2 Å². The molecular formula is C24H31Cl2N3O4S. The van der Waals surface area contributed by atoms with E-state index in [1.54, 1.807) is 37.3 Å². The average Bonchev–Trinajstić information content (AvgIpc) is 2.78. The summed E-state index contributed by atoms with van der Waals surface area (Å²) in [4.78, 5) is 27.5. The Hall–Kier alpha value is -2.29. The smallest absolute Gasteiger partial charge is 0.244 e. The fraction of sp³-hybridized carbons (Fsp3) is 0.417. The second-order valence-corrected chi connectivity index (χ2v) is 11.0. The summed E-state index contributed by atoms with van der Waals surface area (Å²) in [6.07, 6.45) is 1.36. The first kappa shape index (κ1) is 28.0. The zero-order valence-electron chi connectivity index (χ0n) is 20.0. The summed E-state index contributed by atoms with van der Waals surface area (Å²) in [5.41, 5.74) is 1.89. The number of nitrogens with zero attached hydrogens (tertiary/aromatic N) is 2. The molecule has 2 aromatic carbocycles. The van der Waals surface area contributed by atoms with Gasteiger partial charge in [-0.2, -0.15) is 0 Å². The van der Waals surface area contributed by atoms with Gasteiger partial charge in [0, 0.05) is 29.2 Å². The molecule has 0 aliphatic rings. The van der Waals surface area contributed by atoms with E-state index in [4.69, 9.17) is 23.2 Å². The Morgan fingerprint density at radius 3 is 2.03 bits per heavy atom. The number of benzene rings is 2. The zero-order valence-corrected chi connectivity index (χ0v) is 22.3. The molecule has 2 amide bonds. The van der Waals surface area contributed by atoms with Gasteiger partial charge in [0.1, 0.15) is 12.6 Å². The number of sulfonamides is 1. The third kappa shape index (κ3) is 6.87. The molecule has 0 aliphatic heterocycles. The molecule has 10 heteroatoms. The Kier molecular flexibility index (Phi) is 9.79. The lowest BCUT2D eigenvalue weighted by molar-refractivity contribution is -0.140. The molecule has 186 valence electrons. The lowest BCUT2D eigenvalue weighted by Crippen LogP contribution is -2.51. The average molecular weight is 529 g/mol. The Balaban J connectivity index is 2.47. The van der Waals surface area contributed by atoms with Gasteiger partial charge < -0.3 is 10.2 Å². The Morgan fingerprint density at radius 2 is 1.59 bits per heavy atom. The van der Waals surface area contributed by atoms with Crippen molar-refractivity contribution in [2.45, 2.75) is 45.7 Å². The van der Waals surface area contributed by atoms with Crippen molar-refractivity contribution in [1.82, 2.24) is 10.2 Å². The highest BCUT2D eigenvalue weighted by Crippen LogP contribution is 2.28. The van der Waals surface area contributed by atoms with Crippen LogP contribution in [0.4, 0.5) is 5.69 Å². The second kappa shape index (κ2) is 11.9. The molecule has 34 heavy (non-hydrogen) atoms. The summed E-state index contributed by atoms with van der Waals surface area (Å²) in [7, 11) is -2.31. The number of amides is 2. The van der Waals surface area contributed by atoms with Gasteiger partial charge in [-0.3, -0.25) is 13.9 Å². The predicted molar refractivity (Wildman–Crippen MR) is 138 cm³/mol. The Bertz CT molecular complexity index is 1100. The van der Waals surface area contributed by atoms with Crippen LogP contribution in [0.25, 0.3) is 0 Å². The molecular weight excluding hydrogens is 497 g/mol. The summed E-state index contributed by atoms with van der Waals surface area (Å²) in [5, 5.41) is 3.26. The number of anilines is 1. The van der Waals surface area contributed by atoms with Gasteiger partial charge in [-0.15, -0.1) is 0 Å². The van der Waals surface area contributed by atoms with Crippen molar-refractivity contribution in [2.24, 2.45) is 0 Å². The molecule has 0 spiro atoms. The molecule has 2 aromatic rings. The van der Waals surface area contributed by atoms with Crippen LogP contribution in [0.5, 0.6) is 0 Å². The van der Waals surface area contributed by atoms with E-state index < -0.39 is 28.5 Å². The molecule has 1 N–H and O–H groups in total. The predicted octanol–water partition coefficient (Wildman–Crippen LogP) is 4.44. The van der Waals surface area contributed by atoms with Crippen LogP contribution in [-0.4, -0.2) is 51.0 Å². The molecule has 0 saturated carbocycles. The molecule has 0 aliphatic carbocycles. The molecule has 7 nitrogen and oxygen atoms in total. The van der Waals surface area contributed by atoms with Crippen molar-refractivity contribution in [3.63, 3.8) is 0 Å².